The fourth-order valence-corrected chi connectivity index (χ4v) is 4.10. The third-order valence-electron chi connectivity index (χ3n) is 3.68. The molecule has 1 amide bonds. The van der Waals surface area contributed by atoms with Crippen molar-refractivity contribution in [2.75, 3.05) is 13.2 Å². The Balaban J connectivity index is 2.00. The number of nitrogens with zero attached hydrogens (tertiary/aromatic N) is 3. The van der Waals surface area contributed by atoms with Gasteiger partial charge in [0.2, 0.25) is 0 Å². The molecule has 0 bridgehead atoms. The SMILES string of the molecule is CCOCCn1c(=NC(=O)C=Cc2cccs2)sc2ccc([N+](=O)[O-])cc21. The quantitative estimate of drug-likeness (QED) is 0.259. The first-order chi connectivity index (χ1) is 13.1. The summed E-state index contributed by atoms with van der Waals surface area (Å²) in [6.07, 6.45) is 3.14. The van der Waals surface area contributed by atoms with Gasteiger partial charge in [0.05, 0.1) is 21.7 Å². The van der Waals surface area contributed by atoms with E-state index in [9.17, 15) is 14.9 Å². The predicted molar refractivity (Wildman–Crippen MR) is 107 cm³/mol. The monoisotopic (exact) mass is 403 g/mol. The summed E-state index contributed by atoms with van der Waals surface area (Å²) in [6, 6.07) is 8.46. The number of rotatable bonds is 7. The molecule has 1 aromatic carbocycles. The molecule has 0 saturated carbocycles. The molecule has 3 rings (SSSR count). The van der Waals surface area contributed by atoms with Gasteiger partial charge in [-0.25, -0.2) is 0 Å². The Bertz CT molecular complexity index is 1050. The number of amides is 1. The first-order valence-corrected chi connectivity index (χ1v) is 9.94. The molecule has 0 atom stereocenters. The van der Waals surface area contributed by atoms with E-state index in [1.165, 1.54) is 40.9 Å². The van der Waals surface area contributed by atoms with Crippen LogP contribution in [0, 0.1) is 10.1 Å². The topological polar surface area (TPSA) is 86.7 Å². The number of nitro benzene ring substituents is 1. The first kappa shape index (κ1) is 19.2. The molecule has 7 nitrogen and oxygen atoms in total. The van der Waals surface area contributed by atoms with Gasteiger partial charge in [-0.1, -0.05) is 17.4 Å². The lowest BCUT2D eigenvalue weighted by molar-refractivity contribution is -0.384. The molecule has 9 heteroatoms. The lowest BCUT2D eigenvalue weighted by atomic mass is 10.3. The van der Waals surface area contributed by atoms with Gasteiger partial charge >= 0.3 is 0 Å². The van der Waals surface area contributed by atoms with E-state index in [-0.39, 0.29) is 11.6 Å². The van der Waals surface area contributed by atoms with Gasteiger partial charge < -0.3 is 9.30 Å². The zero-order chi connectivity index (χ0) is 19.2. The van der Waals surface area contributed by atoms with Gasteiger partial charge in [-0.2, -0.15) is 4.99 Å². The second-order valence-corrected chi connectivity index (χ2v) is 7.43. The van der Waals surface area contributed by atoms with E-state index in [1.807, 2.05) is 24.4 Å². The fourth-order valence-electron chi connectivity index (χ4n) is 2.44. The Hall–Kier alpha value is -2.62. The summed E-state index contributed by atoms with van der Waals surface area (Å²) in [5.41, 5.74) is 0.670. The number of hydrogen-bond acceptors (Lipinski definition) is 6. The standard InChI is InChI=1S/C18H17N3O4S2/c1-2-25-10-9-20-15-12-13(21(23)24)5-7-16(15)27-18(20)19-17(22)8-6-14-4-3-11-26-14/h3-8,11-12H,2,9-10H2,1H3. The van der Waals surface area contributed by atoms with Crippen LogP contribution < -0.4 is 4.80 Å². The van der Waals surface area contributed by atoms with E-state index in [4.69, 9.17) is 4.74 Å². The number of aromatic nitrogens is 1. The Morgan fingerprint density at radius 3 is 2.96 bits per heavy atom. The van der Waals surface area contributed by atoms with E-state index in [0.29, 0.717) is 30.1 Å². The molecule has 0 N–H and O–H groups in total. The largest absolute Gasteiger partial charge is 0.380 e. The minimum absolute atomic E-state index is 0.000859. The van der Waals surface area contributed by atoms with Crippen molar-refractivity contribution in [3.63, 3.8) is 0 Å². The number of thiophene rings is 1. The van der Waals surface area contributed by atoms with Crippen LogP contribution in [0.5, 0.6) is 0 Å². The van der Waals surface area contributed by atoms with E-state index in [2.05, 4.69) is 4.99 Å². The molecule has 0 unspecified atom stereocenters. The van der Waals surface area contributed by atoms with Crippen LogP contribution in [0.1, 0.15) is 11.8 Å². The van der Waals surface area contributed by atoms with Crippen LogP contribution in [0.25, 0.3) is 16.3 Å². The highest BCUT2D eigenvalue weighted by Crippen LogP contribution is 2.23. The summed E-state index contributed by atoms with van der Waals surface area (Å²) in [5, 5.41) is 13.0. The average Bonchev–Trinajstić information content (AvgIpc) is 3.28. The zero-order valence-electron chi connectivity index (χ0n) is 14.5. The highest BCUT2D eigenvalue weighted by atomic mass is 32.1. The molecule has 0 saturated heterocycles. The minimum Gasteiger partial charge on any atom is -0.380 e. The van der Waals surface area contributed by atoms with Gasteiger partial charge in [-0.3, -0.25) is 14.9 Å². The summed E-state index contributed by atoms with van der Waals surface area (Å²) >= 11 is 2.85. The maximum atomic E-state index is 12.2. The van der Waals surface area contributed by atoms with E-state index in [1.54, 1.807) is 16.7 Å². The third-order valence-corrected chi connectivity index (χ3v) is 5.58. The van der Waals surface area contributed by atoms with Gasteiger partial charge in [0.25, 0.3) is 11.6 Å². The fraction of sp³-hybridized carbons (Fsp3) is 0.222. The summed E-state index contributed by atoms with van der Waals surface area (Å²) in [4.78, 5) is 28.5. The highest BCUT2D eigenvalue weighted by Gasteiger charge is 2.12. The van der Waals surface area contributed by atoms with Crippen molar-refractivity contribution >= 4 is 50.6 Å². The van der Waals surface area contributed by atoms with Gasteiger partial charge in [0.1, 0.15) is 0 Å². The van der Waals surface area contributed by atoms with Crippen LogP contribution in [-0.4, -0.2) is 28.6 Å². The van der Waals surface area contributed by atoms with Gasteiger partial charge in [-0.15, -0.1) is 11.3 Å². The number of hydrogen-bond donors (Lipinski definition) is 0. The van der Waals surface area contributed by atoms with Crippen LogP contribution >= 0.6 is 22.7 Å². The van der Waals surface area contributed by atoms with Crippen molar-refractivity contribution in [2.45, 2.75) is 13.5 Å². The molecule has 2 heterocycles. The minimum atomic E-state index is -0.435. The number of ether oxygens (including phenoxy) is 1. The highest BCUT2D eigenvalue weighted by molar-refractivity contribution is 7.16. The molecule has 0 fully saturated rings. The number of fused-ring (bicyclic) bond motifs is 1. The summed E-state index contributed by atoms with van der Waals surface area (Å²) < 4.78 is 8.02. The Kier molecular flexibility index (Phi) is 6.28. The summed E-state index contributed by atoms with van der Waals surface area (Å²) in [7, 11) is 0. The van der Waals surface area contributed by atoms with Crippen molar-refractivity contribution in [1.82, 2.24) is 4.57 Å². The van der Waals surface area contributed by atoms with Crippen LogP contribution in [0.15, 0.2) is 46.8 Å². The van der Waals surface area contributed by atoms with Crippen LogP contribution in [0.3, 0.4) is 0 Å². The van der Waals surface area contributed by atoms with Crippen molar-refractivity contribution in [2.24, 2.45) is 4.99 Å². The normalized spacial score (nSPS) is 12.3. The molecule has 0 aliphatic heterocycles. The van der Waals surface area contributed by atoms with E-state index >= 15 is 0 Å². The number of carbonyl (C=O) groups excluding carboxylic acids is 1. The molecule has 0 aliphatic carbocycles. The predicted octanol–water partition coefficient (Wildman–Crippen LogP) is 3.85. The number of thiazole rings is 1. The summed E-state index contributed by atoms with van der Waals surface area (Å²) in [5.74, 6) is -0.380. The van der Waals surface area contributed by atoms with Gasteiger partial charge in [-0.05, 0) is 30.5 Å². The second-order valence-electron chi connectivity index (χ2n) is 5.44. The average molecular weight is 403 g/mol. The van der Waals surface area contributed by atoms with Gasteiger partial charge in [0, 0.05) is 36.2 Å². The first-order valence-electron chi connectivity index (χ1n) is 8.24. The molecule has 2 aromatic heterocycles. The Morgan fingerprint density at radius 1 is 1.41 bits per heavy atom. The van der Waals surface area contributed by atoms with E-state index < -0.39 is 4.92 Å². The van der Waals surface area contributed by atoms with Crippen LogP contribution in [0.2, 0.25) is 0 Å². The third kappa shape index (κ3) is 4.76. The number of carbonyl (C=O) groups is 1. The van der Waals surface area contributed by atoms with Crippen molar-refractivity contribution in [1.29, 1.82) is 0 Å². The van der Waals surface area contributed by atoms with Crippen molar-refractivity contribution < 1.29 is 14.5 Å². The lowest BCUT2D eigenvalue weighted by Gasteiger charge is -2.05. The van der Waals surface area contributed by atoms with Crippen LogP contribution in [0.4, 0.5) is 5.69 Å². The van der Waals surface area contributed by atoms with Crippen molar-refractivity contribution in [3.05, 3.63) is 61.6 Å². The lowest BCUT2D eigenvalue weighted by Crippen LogP contribution is -2.19. The molecule has 0 aliphatic rings. The van der Waals surface area contributed by atoms with Gasteiger partial charge in [0.15, 0.2) is 4.80 Å². The number of non-ortho nitro benzene ring substituents is 1. The molecule has 27 heavy (non-hydrogen) atoms. The number of nitro groups is 1. The van der Waals surface area contributed by atoms with Crippen molar-refractivity contribution in [3.8, 4) is 0 Å². The molecule has 140 valence electrons. The molecular formula is C18H17N3O4S2. The van der Waals surface area contributed by atoms with E-state index in [0.717, 1.165) is 9.58 Å². The summed E-state index contributed by atoms with van der Waals surface area (Å²) in [6.45, 7) is 3.34. The molecule has 3 aromatic rings. The molecule has 0 spiro atoms. The zero-order valence-corrected chi connectivity index (χ0v) is 16.2. The Morgan fingerprint density at radius 2 is 2.26 bits per heavy atom. The van der Waals surface area contributed by atoms with Crippen LogP contribution in [-0.2, 0) is 16.1 Å². The second kappa shape index (κ2) is 8.85. The maximum absolute atomic E-state index is 12.2. The number of benzene rings is 1. The molecule has 0 radical (unpaired) electrons. The molecular weight excluding hydrogens is 386 g/mol. The smallest absolute Gasteiger partial charge is 0.272 e. The Labute approximate surface area is 163 Å². The maximum Gasteiger partial charge on any atom is 0.272 e.